The number of hydrogen-bond acceptors (Lipinski definition) is 4. The monoisotopic (exact) mass is 463 g/mol. The smallest absolute Gasteiger partial charge is 0.193 e. The molecule has 25 heavy (non-hydrogen) atoms. The molecule has 0 bridgehead atoms. The molecule has 142 valence electrons. The minimum Gasteiger partial charge on any atom is -0.496 e. The maximum absolute atomic E-state index is 5.51. The second-order valence-corrected chi connectivity index (χ2v) is 6.10. The van der Waals surface area contributed by atoms with E-state index in [1.165, 1.54) is 12.8 Å². The first-order valence-corrected chi connectivity index (χ1v) is 8.37. The van der Waals surface area contributed by atoms with E-state index in [1.807, 2.05) is 19.2 Å². The average molecular weight is 463 g/mol. The molecule has 1 aromatic rings. The van der Waals surface area contributed by atoms with Gasteiger partial charge in [-0.05, 0) is 18.8 Å². The minimum atomic E-state index is 0. The van der Waals surface area contributed by atoms with E-state index in [2.05, 4.69) is 22.1 Å². The molecule has 0 amide bonds. The van der Waals surface area contributed by atoms with Crippen molar-refractivity contribution in [2.75, 3.05) is 41.5 Å². The number of hydrogen-bond donors (Lipinski definition) is 1. The molecule has 1 saturated heterocycles. The van der Waals surface area contributed by atoms with Crippen LogP contribution >= 0.6 is 24.0 Å². The van der Waals surface area contributed by atoms with Crippen LogP contribution in [0.4, 0.5) is 0 Å². The number of nitrogens with zero attached hydrogens (tertiary/aromatic N) is 2. The summed E-state index contributed by atoms with van der Waals surface area (Å²) in [5, 5.41) is 3.44. The van der Waals surface area contributed by atoms with Gasteiger partial charge in [-0.15, -0.1) is 24.0 Å². The first-order chi connectivity index (χ1) is 11.6. The summed E-state index contributed by atoms with van der Waals surface area (Å²) in [5.41, 5.74) is 0.951. The second kappa shape index (κ2) is 10.6. The standard InChI is InChI=1S/C18H29N3O3.HI/c1-13-7-6-8-21(12-13)18(19-2)20-11-15-16(23-4)9-14(22-3)10-17(15)24-5;/h9-10,13H,6-8,11-12H2,1-5H3,(H,19,20);1H. The number of benzene rings is 1. The number of aliphatic imine (C=N–C) groups is 1. The van der Waals surface area contributed by atoms with E-state index in [9.17, 15) is 0 Å². The molecule has 0 spiro atoms. The van der Waals surface area contributed by atoms with Gasteiger partial charge in [0.2, 0.25) is 0 Å². The van der Waals surface area contributed by atoms with Gasteiger partial charge in [-0.2, -0.15) is 0 Å². The summed E-state index contributed by atoms with van der Waals surface area (Å²) in [6.07, 6.45) is 2.49. The van der Waals surface area contributed by atoms with Gasteiger partial charge >= 0.3 is 0 Å². The van der Waals surface area contributed by atoms with Gasteiger partial charge in [0.05, 0.1) is 33.4 Å². The average Bonchev–Trinajstić information content (AvgIpc) is 2.61. The van der Waals surface area contributed by atoms with Crippen molar-refractivity contribution in [1.29, 1.82) is 0 Å². The fraction of sp³-hybridized carbons (Fsp3) is 0.611. The van der Waals surface area contributed by atoms with Crippen LogP contribution in [0.1, 0.15) is 25.3 Å². The summed E-state index contributed by atoms with van der Waals surface area (Å²) in [7, 11) is 6.76. The highest BCUT2D eigenvalue weighted by molar-refractivity contribution is 14.0. The summed E-state index contributed by atoms with van der Waals surface area (Å²) in [6, 6.07) is 3.73. The molecule has 1 atom stereocenters. The first-order valence-electron chi connectivity index (χ1n) is 8.37. The van der Waals surface area contributed by atoms with Gasteiger partial charge in [0.1, 0.15) is 17.2 Å². The van der Waals surface area contributed by atoms with Crippen molar-refractivity contribution in [1.82, 2.24) is 10.2 Å². The molecule has 0 aromatic heterocycles. The third-order valence-corrected chi connectivity index (χ3v) is 4.41. The van der Waals surface area contributed by atoms with Gasteiger partial charge in [-0.1, -0.05) is 6.92 Å². The van der Waals surface area contributed by atoms with E-state index in [1.54, 1.807) is 21.3 Å². The zero-order chi connectivity index (χ0) is 17.5. The van der Waals surface area contributed by atoms with Crippen LogP contribution in [-0.2, 0) is 6.54 Å². The van der Waals surface area contributed by atoms with Crippen molar-refractivity contribution >= 4 is 29.9 Å². The number of piperidine rings is 1. The SMILES string of the molecule is CN=C(NCc1c(OC)cc(OC)cc1OC)N1CCCC(C)C1.I. The Kier molecular flexibility index (Phi) is 9.16. The van der Waals surface area contributed by atoms with Crippen molar-refractivity contribution < 1.29 is 14.2 Å². The molecule has 0 saturated carbocycles. The molecule has 1 N–H and O–H groups in total. The fourth-order valence-corrected chi connectivity index (χ4v) is 3.13. The van der Waals surface area contributed by atoms with Gasteiger partial charge in [0, 0.05) is 32.3 Å². The molecule has 1 aliphatic rings. The van der Waals surface area contributed by atoms with Crippen LogP contribution in [0.15, 0.2) is 17.1 Å². The Balaban J connectivity index is 0.00000312. The Morgan fingerprint density at radius 3 is 2.32 bits per heavy atom. The van der Waals surface area contributed by atoms with Crippen LogP contribution in [0.25, 0.3) is 0 Å². The Hall–Kier alpha value is -1.38. The predicted molar refractivity (Wildman–Crippen MR) is 112 cm³/mol. The van der Waals surface area contributed by atoms with Gasteiger partial charge in [-0.25, -0.2) is 0 Å². The van der Waals surface area contributed by atoms with E-state index >= 15 is 0 Å². The van der Waals surface area contributed by atoms with Gasteiger partial charge < -0.3 is 24.4 Å². The lowest BCUT2D eigenvalue weighted by Crippen LogP contribution is -2.45. The molecule has 7 heteroatoms. The highest BCUT2D eigenvalue weighted by Crippen LogP contribution is 2.33. The van der Waals surface area contributed by atoms with Crippen LogP contribution < -0.4 is 19.5 Å². The maximum Gasteiger partial charge on any atom is 0.193 e. The lowest BCUT2D eigenvalue weighted by atomic mass is 10.0. The molecule has 6 nitrogen and oxygen atoms in total. The molecule has 1 aliphatic heterocycles. The zero-order valence-electron chi connectivity index (χ0n) is 15.8. The highest BCUT2D eigenvalue weighted by atomic mass is 127. The largest absolute Gasteiger partial charge is 0.496 e. The van der Waals surface area contributed by atoms with Crippen molar-refractivity contribution in [2.24, 2.45) is 10.9 Å². The Labute approximate surface area is 167 Å². The predicted octanol–water partition coefficient (Wildman–Crippen LogP) is 3.14. The van der Waals surface area contributed by atoms with Crippen LogP contribution in [-0.4, -0.2) is 52.3 Å². The van der Waals surface area contributed by atoms with E-state index in [4.69, 9.17) is 14.2 Å². The molecular formula is C18H30IN3O3. The number of ether oxygens (including phenoxy) is 3. The second-order valence-electron chi connectivity index (χ2n) is 6.10. The van der Waals surface area contributed by atoms with E-state index in [0.717, 1.165) is 36.1 Å². The topological polar surface area (TPSA) is 55.3 Å². The summed E-state index contributed by atoms with van der Waals surface area (Å²) >= 11 is 0. The van der Waals surface area contributed by atoms with Crippen molar-refractivity contribution in [3.05, 3.63) is 17.7 Å². The quantitative estimate of drug-likeness (QED) is 0.413. The molecule has 2 rings (SSSR count). The van der Waals surface area contributed by atoms with E-state index < -0.39 is 0 Å². The highest BCUT2D eigenvalue weighted by Gasteiger charge is 2.20. The fourth-order valence-electron chi connectivity index (χ4n) is 3.13. The van der Waals surface area contributed by atoms with Crippen molar-refractivity contribution in [3.63, 3.8) is 0 Å². The maximum atomic E-state index is 5.51. The summed E-state index contributed by atoms with van der Waals surface area (Å²) in [5.74, 6) is 3.80. The molecule has 1 aromatic carbocycles. The Morgan fingerprint density at radius 2 is 1.84 bits per heavy atom. The number of methoxy groups -OCH3 is 3. The molecule has 0 radical (unpaired) electrons. The minimum absolute atomic E-state index is 0. The van der Waals surface area contributed by atoms with Crippen LogP contribution in [0.3, 0.4) is 0 Å². The zero-order valence-corrected chi connectivity index (χ0v) is 18.1. The van der Waals surface area contributed by atoms with E-state index in [-0.39, 0.29) is 24.0 Å². The molecule has 0 aliphatic carbocycles. The molecule has 1 heterocycles. The lowest BCUT2D eigenvalue weighted by molar-refractivity contribution is 0.265. The summed E-state index contributed by atoms with van der Waals surface area (Å²) in [4.78, 5) is 6.75. The van der Waals surface area contributed by atoms with Crippen LogP contribution in [0.5, 0.6) is 17.2 Å². The normalized spacial score (nSPS) is 17.6. The Bertz CT molecular complexity index is 556. The summed E-state index contributed by atoms with van der Waals surface area (Å²) in [6.45, 7) is 4.94. The van der Waals surface area contributed by atoms with Crippen LogP contribution in [0, 0.1) is 5.92 Å². The third-order valence-electron chi connectivity index (χ3n) is 4.41. The molecule has 1 unspecified atom stereocenters. The lowest BCUT2D eigenvalue weighted by Gasteiger charge is -2.33. The molecular weight excluding hydrogens is 433 g/mol. The first kappa shape index (κ1) is 21.7. The number of likely N-dealkylation sites (tertiary alicyclic amines) is 1. The number of guanidine groups is 1. The number of nitrogens with one attached hydrogen (secondary N) is 1. The molecule has 1 fully saturated rings. The Morgan fingerprint density at radius 1 is 1.20 bits per heavy atom. The number of halogens is 1. The van der Waals surface area contributed by atoms with Gasteiger partial charge in [-0.3, -0.25) is 4.99 Å². The summed E-state index contributed by atoms with van der Waals surface area (Å²) < 4.78 is 16.3. The van der Waals surface area contributed by atoms with E-state index in [0.29, 0.717) is 18.2 Å². The number of rotatable bonds is 5. The van der Waals surface area contributed by atoms with Crippen molar-refractivity contribution in [3.8, 4) is 17.2 Å². The van der Waals surface area contributed by atoms with Crippen molar-refractivity contribution in [2.45, 2.75) is 26.3 Å². The van der Waals surface area contributed by atoms with Gasteiger partial charge in [0.25, 0.3) is 0 Å². The van der Waals surface area contributed by atoms with Crippen LogP contribution in [0.2, 0.25) is 0 Å². The van der Waals surface area contributed by atoms with Gasteiger partial charge in [0.15, 0.2) is 5.96 Å². The third kappa shape index (κ3) is 5.55.